The van der Waals surface area contributed by atoms with E-state index in [0.29, 0.717) is 19.4 Å². The Hall–Kier alpha value is -3.10. The first-order valence-corrected chi connectivity index (χ1v) is 11.8. The molecule has 0 saturated carbocycles. The number of para-hydroxylation sites is 1. The summed E-state index contributed by atoms with van der Waals surface area (Å²) in [4.78, 5) is 18.8. The molecule has 3 heterocycles. The molecule has 184 valence electrons. The van der Waals surface area contributed by atoms with Crippen molar-refractivity contribution < 1.29 is 22.7 Å². The molecular formula is C27H28F3N3O2. The van der Waals surface area contributed by atoms with Crippen LogP contribution in [-0.4, -0.2) is 41.6 Å². The van der Waals surface area contributed by atoms with Crippen molar-refractivity contribution in [1.29, 1.82) is 0 Å². The number of nitrogens with zero attached hydrogens (tertiary/aromatic N) is 1. The van der Waals surface area contributed by atoms with E-state index < -0.39 is 17.8 Å². The maximum atomic E-state index is 13.2. The molecule has 35 heavy (non-hydrogen) atoms. The van der Waals surface area contributed by atoms with Gasteiger partial charge in [0.25, 0.3) is 0 Å². The lowest BCUT2D eigenvalue weighted by molar-refractivity contribution is -0.152. The van der Waals surface area contributed by atoms with Crippen molar-refractivity contribution in [2.75, 3.05) is 13.7 Å². The largest absolute Gasteiger partial charge is 0.468 e. The Kier molecular flexibility index (Phi) is 6.19. The zero-order valence-corrected chi connectivity index (χ0v) is 19.4. The van der Waals surface area contributed by atoms with Crippen molar-refractivity contribution in [2.45, 2.75) is 49.6 Å². The van der Waals surface area contributed by atoms with Gasteiger partial charge < -0.3 is 15.0 Å². The number of carbonyl (C=O) groups is 1. The summed E-state index contributed by atoms with van der Waals surface area (Å²) in [6, 6.07) is 12.5. The molecule has 2 N–H and O–H groups in total. The van der Waals surface area contributed by atoms with Gasteiger partial charge in [0.2, 0.25) is 0 Å². The number of alkyl halides is 3. The number of benzene rings is 2. The van der Waals surface area contributed by atoms with Gasteiger partial charge in [-0.1, -0.05) is 36.4 Å². The predicted octanol–water partition coefficient (Wildman–Crippen LogP) is 5.31. The van der Waals surface area contributed by atoms with E-state index in [9.17, 15) is 18.0 Å². The number of carbonyl (C=O) groups excluding carboxylic acids is 1. The van der Waals surface area contributed by atoms with Crippen LogP contribution >= 0.6 is 0 Å². The van der Waals surface area contributed by atoms with Gasteiger partial charge in [-0.15, -0.1) is 6.58 Å². The number of nitrogens with one attached hydrogen (secondary N) is 2. The number of aromatic nitrogens is 1. The Bertz CT molecular complexity index is 1230. The second kappa shape index (κ2) is 9.17. The summed E-state index contributed by atoms with van der Waals surface area (Å²) in [5, 5.41) is 4.59. The molecule has 0 aliphatic carbocycles. The lowest BCUT2D eigenvalue weighted by Crippen LogP contribution is -2.55. The van der Waals surface area contributed by atoms with Crippen LogP contribution in [0.1, 0.15) is 47.3 Å². The van der Waals surface area contributed by atoms with E-state index in [1.807, 2.05) is 18.2 Å². The fourth-order valence-corrected chi connectivity index (χ4v) is 5.78. The van der Waals surface area contributed by atoms with Crippen LogP contribution in [0.5, 0.6) is 0 Å². The van der Waals surface area contributed by atoms with Crippen LogP contribution < -0.4 is 5.32 Å². The molecule has 5 nitrogen and oxygen atoms in total. The summed E-state index contributed by atoms with van der Waals surface area (Å²) >= 11 is 0. The molecule has 1 saturated heterocycles. The van der Waals surface area contributed by atoms with Gasteiger partial charge in [-0.3, -0.25) is 9.69 Å². The summed E-state index contributed by atoms with van der Waals surface area (Å²) in [7, 11) is 1.38. The number of esters is 1. The molecule has 5 rings (SSSR count). The van der Waals surface area contributed by atoms with Gasteiger partial charge in [0, 0.05) is 41.6 Å². The number of halogens is 3. The van der Waals surface area contributed by atoms with Crippen LogP contribution in [0, 0.1) is 0 Å². The average Bonchev–Trinajstić information content (AvgIpc) is 3.24. The van der Waals surface area contributed by atoms with Crippen LogP contribution in [-0.2, 0) is 22.1 Å². The molecule has 0 amide bonds. The number of methoxy groups -OCH3 is 1. The molecule has 2 aromatic carbocycles. The fraction of sp³-hybridized carbons (Fsp3) is 0.370. The van der Waals surface area contributed by atoms with Crippen LogP contribution in [0.15, 0.2) is 61.2 Å². The molecule has 3 aromatic rings. The lowest BCUT2D eigenvalue weighted by Gasteiger charge is -2.50. The maximum absolute atomic E-state index is 13.2. The van der Waals surface area contributed by atoms with Crippen LogP contribution in [0.3, 0.4) is 0 Å². The zero-order valence-electron chi connectivity index (χ0n) is 19.4. The molecule has 0 bridgehead atoms. The second-order valence-corrected chi connectivity index (χ2v) is 9.27. The Morgan fingerprint density at radius 2 is 1.89 bits per heavy atom. The third-order valence-corrected chi connectivity index (χ3v) is 7.32. The fourth-order valence-electron chi connectivity index (χ4n) is 5.78. The molecular weight excluding hydrogens is 455 g/mol. The summed E-state index contributed by atoms with van der Waals surface area (Å²) in [6.45, 7) is 4.42. The van der Waals surface area contributed by atoms with Gasteiger partial charge in [-0.25, -0.2) is 0 Å². The summed E-state index contributed by atoms with van der Waals surface area (Å²) in [5.74, 6) is -0.333. The first-order chi connectivity index (χ1) is 16.8. The number of aromatic amines is 1. The molecule has 2 aliphatic heterocycles. The number of ether oxygens (including phenoxy) is 1. The summed E-state index contributed by atoms with van der Waals surface area (Å²) in [6.07, 6.45) is -0.728. The number of H-pyrrole nitrogens is 1. The Morgan fingerprint density at radius 1 is 1.17 bits per heavy atom. The highest BCUT2D eigenvalue weighted by molar-refractivity contribution is 5.87. The van der Waals surface area contributed by atoms with E-state index in [1.165, 1.54) is 19.2 Å². The molecule has 8 heteroatoms. The van der Waals surface area contributed by atoms with Gasteiger partial charge in [-0.05, 0) is 42.2 Å². The molecule has 0 radical (unpaired) electrons. The standard InChI is InChI=1S/C27H28F3N3O2/c1-3-12-31-18-13-22(16-8-10-17(11-9-16)27(28,29)30)33-23(14-18)25-20(15-24(33)26(34)35-2)19-6-4-5-7-21(19)32-25/h3-11,18,22-24,31-32H,1,12-15H2,2H3/t18-,22+,23-,24+/m1/s1. The lowest BCUT2D eigenvalue weighted by atomic mass is 9.79. The number of hydrogen-bond acceptors (Lipinski definition) is 4. The molecule has 1 aromatic heterocycles. The van der Waals surface area contributed by atoms with Crippen molar-refractivity contribution in [3.05, 3.63) is 83.6 Å². The number of rotatable bonds is 5. The zero-order chi connectivity index (χ0) is 24.7. The minimum atomic E-state index is -4.40. The van der Waals surface area contributed by atoms with Gasteiger partial charge >= 0.3 is 12.1 Å². The monoisotopic (exact) mass is 483 g/mol. The van der Waals surface area contributed by atoms with Crippen molar-refractivity contribution in [3.8, 4) is 0 Å². The summed E-state index contributed by atoms with van der Waals surface area (Å²) in [5.41, 5.74) is 3.24. The SMILES string of the molecule is C=CCN[C@H]1C[C@@H]2c3[nH]c4ccccc4c3C[C@@H](C(=O)OC)N2[C@H](c2ccc(C(F)(F)F)cc2)C1. The van der Waals surface area contributed by atoms with E-state index in [4.69, 9.17) is 4.74 Å². The molecule has 0 spiro atoms. The Morgan fingerprint density at radius 3 is 2.57 bits per heavy atom. The number of hydrogen-bond donors (Lipinski definition) is 2. The Balaban J connectivity index is 1.62. The third-order valence-electron chi connectivity index (χ3n) is 7.32. The predicted molar refractivity (Wildman–Crippen MR) is 128 cm³/mol. The number of piperidine rings is 1. The van der Waals surface area contributed by atoms with Crippen molar-refractivity contribution in [2.24, 2.45) is 0 Å². The minimum absolute atomic E-state index is 0.0946. The highest BCUT2D eigenvalue weighted by Gasteiger charge is 2.48. The topological polar surface area (TPSA) is 57.4 Å². The maximum Gasteiger partial charge on any atom is 0.416 e. The van der Waals surface area contributed by atoms with Crippen molar-refractivity contribution in [1.82, 2.24) is 15.2 Å². The van der Waals surface area contributed by atoms with E-state index >= 15 is 0 Å². The third kappa shape index (κ3) is 4.25. The Labute approximate surface area is 202 Å². The van der Waals surface area contributed by atoms with Crippen molar-refractivity contribution in [3.63, 3.8) is 0 Å². The quantitative estimate of drug-likeness (QED) is 0.382. The highest BCUT2D eigenvalue weighted by Crippen LogP contribution is 2.49. The normalized spacial score (nSPS) is 24.6. The van der Waals surface area contributed by atoms with E-state index in [-0.39, 0.29) is 24.1 Å². The van der Waals surface area contributed by atoms with Crippen LogP contribution in [0.2, 0.25) is 0 Å². The van der Waals surface area contributed by atoms with Crippen molar-refractivity contribution >= 4 is 16.9 Å². The van der Waals surface area contributed by atoms with E-state index in [0.717, 1.165) is 46.3 Å². The summed E-state index contributed by atoms with van der Waals surface area (Å²) < 4.78 is 44.9. The minimum Gasteiger partial charge on any atom is -0.468 e. The molecule has 2 aliphatic rings. The van der Waals surface area contributed by atoms with Crippen LogP contribution in [0.4, 0.5) is 13.2 Å². The molecule has 1 fully saturated rings. The van der Waals surface area contributed by atoms with Gasteiger partial charge in [0.1, 0.15) is 6.04 Å². The average molecular weight is 484 g/mol. The van der Waals surface area contributed by atoms with Crippen LogP contribution in [0.25, 0.3) is 10.9 Å². The second-order valence-electron chi connectivity index (χ2n) is 9.27. The first-order valence-electron chi connectivity index (χ1n) is 11.8. The first kappa shape index (κ1) is 23.6. The molecule has 4 atom stereocenters. The van der Waals surface area contributed by atoms with Gasteiger partial charge in [-0.2, -0.15) is 13.2 Å². The van der Waals surface area contributed by atoms with E-state index in [2.05, 4.69) is 27.8 Å². The highest BCUT2D eigenvalue weighted by atomic mass is 19.4. The smallest absolute Gasteiger partial charge is 0.416 e. The molecule has 0 unspecified atom stereocenters. The van der Waals surface area contributed by atoms with Gasteiger partial charge in [0.05, 0.1) is 18.7 Å². The number of fused-ring (bicyclic) bond motifs is 5. The van der Waals surface area contributed by atoms with E-state index in [1.54, 1.807) is 6.08 Å². The van der Waals surface area contributed by atoms with Gasteiger partial charge in [0.15, 0.2) is 0 Å².